The highest BCUT2D eigenvalue weighted by atomic mass is 32.2. The zero-order valence-electron chi connectivity index (χ0n) is 20.1. The molecule has 0 aliphatic heterocycles. The Labute approximate surface area is 197 Å². The van der Waals surface area contributed by atoms with E-state index in [1.54, 1.807) is 24.3 Å². The average Bonchev–Trinajstić information content (AvgIpc) is 2.77. The predicted octanol–water partition coefficient (Wildman–Crippen LogP) is 3.48. The molecule has 0 saturated heterocycles. The van der Waals surface area contributed by atoms with E-state index in [0.717, 1.165) is 28.1 Å². The molecule has 2 amide bonds. The summed E-state index contributed by atoms with van der Waals surface area (Å²) in [6.07, 6.45) is 2.25. The molecule has 8 heteroatoms. The number of carbonyl (C=O) groups is 2. The Bertz CT molecular complexity index is 1020. The van der Waals surface area contributed by atoms with Gasteiger partial charge in [-0.3, -0.25) is 13.9 Å². The smallest absolute Gasteiger partial charge is 0.244 e. The number of aryl methyl sites for hydroxylation is 1. The lowest BCUT2D eigenvalue weighted by atomic mass is 10.1. The van der Waals surface area contributed by atoms with Crippen LogP contribution in [0.15, 0.2) is 54.6 Å². The van der Waals surface area contributed by atoms with Gasteiger partial charge in [0.1, 0.15) is 12.6 Å². The number of anilines is 1. The van der Waals surface area contributed by atoms with Gasteiger partial charge in [0.25, 0.3) is 0 Å². The minimum absolute atomic E-state index is 0.0275. The summed E-state index contributed by atoms with van der Waals surface area (Å²) in [5.41, 5.74) is 2.26. The van der Waals surface area contributed by atoms with Crippen molar-refractivity contribution in [2.24, 2.45) is 0 Å². The van der Waals surface area contributed by atoms with E-state index in [-0.39, 0.29) is 25.0 Å². The predicted molar refractivity (Wildman–Crippen MR) is 132 cm³/mol. The van der Waals surface area contributed by atoms with Gasteiger partial charge < -0.3 is 10.2 Å². The van der Waals surface area contributed by atoms with E-state index in [1.807, 2.05) is 58.0 Å². The van der Waals surface area contributed by atoms with Crippen molar-refractivity contribution in [3.63, 3.8) is 0 Å². The fourth-order valence-electron chi connectivity index (χ4n) is 3.47. The first-order chi connectivity index (χ1) is 15.6. The monoisotopic (exact) mass is 473 g/mol. The number of amides is 2. The van der Waals surface area contributed by atoms with E-state index in [2.05, 4.69) is 5.32 Å². The maximum Gasteiger partial charge on any atom is 0.244 e. The first-order valence-corrected chi connectivity index (χ1v) is 13.1. The summed E-state index contributed by atoms with van der Waals surface area (Å²) in [6, 6.07) is 15.6. The Balaban J connectivity index is 2.39. The molecular formula is C25H35N3O4S. The number of hydrogen-bond acceptors (Lipinski definition) is 4. The van der Waals surface area contributed by atoms with E-state index < -0.39 is 22.0 Å². The van der Waals surface area contributed by atoms with Gasteiger partial charge in [0.2, 0.25) is 21.8 Å². The molecule has 1 N–H and O–H groups in total. The largest absolute Gasteiger partial charge is 0.352 e. The molecule has 2 aromatic carbocycles. The second kappa shape index (κ2) is 11.8. The molecule has 2 aromatic rings. The molecule has 0 aliphatic rings. The molecule has 2 rings (SSSR count). The van der Waals surface area contributed by atoms with E-state index in [0.29, 0.717) is 12.1 Å². The van der Waals surface area contributed by atoms with Crippen LogP contribution in [0, 0.1) is 6.92 Å². The topological polar surface area (TPSA) is 86.8 Å². The van der Waals surface area contributed by atoms with Crippen LogP contribution in [0.1, 0.15) is 44.7 Å². The highest BCUT2D eigenvalue weighted by Crippen LogP contribution is 2.20. The molecular weight excluding hydrogens is 438 g/mol. The molecule has 180 valence electrons. The summed E-state index contributed by atoms with van der Waals surface area (Å²) >= 11 is 0. The van der Waals surface area contributed by atoms with Crippen LogP contribution >= 0.6 is 0 Å². The summed E-state index contributed by atoms with van der Waals surface area (Å²) in [7, 11) is -3.72. The molecule has 0 bridgehead atoms. The number of benzene rings is 2. The number of sulfonamides is 1. The highest BCUT2D eigenvalue weighted by Gasteiger charge is 2.32. The second-order valence-corrected chi connectivity index (χ2v) is 10.3. The molecule has 0 fully saturated rings. The minimum atomic E-state index is -3.72. The number of carbonyl (C=O) groups excluding carboxylic acids is 2. The molecule has 0 aromatic heterocycles. The SMILES string of the molecule is CC[C@H](C)NC(=O)[C@H](CC)N(Cc1ccccc1)C(=O)CN(c1ccc(C)cc1)S(C)(=O)=O. The summed E-state index contributed by atoms with van der Waals surface area (Å²) in [6.45, 7) is 7.46. The Morgan fingerprint density at radius 2 is 1.58 bits per heavy atom. The molecule has 33 heavy (non-hydrogen) atoms. The first-order valence-electron chi connectivity index (χ1n) is 11.2. The average molecular weight is 474 g/mol. The molecule has 7 nitrogen and oxygen atoms in total. The van der Waals surface area contributed by atoms with Crippen molar-refractivity contribution in [2.45, 2.75) is 59.2 Å². The van der Waals surface area contributed by atoms with Crippen LogP contribution in [0.25, 0.3) is 0 Å². The maximum absolute atomic E-state index is 13.5. The van der Waals surface area contributed by atoms with Gasteiger partial charge in [0.05, 0.1) is 11.9 Å². The van der Waals surface area contributed by atoms with Crippen molar-refractivity contribution in [1.82, 2.24) is 10.2 Å². The summed E-state index contributed by atoms with van der Waals surface area (Å²) in [5, 5.41) is 2.96. The number of nitrogens with zero attached hydrogens (tertiary/aromatic N) is 2. The number of nitrogens with one attached hydrogen (secondary N) is 1. The van der Waals surface area contributed by atoms with Gasteiger partial charge in [-0.25, -0.2) is 8.42 Å². The Kier molecular flexibility index (Phi) is 9.46. The third-order valence-electron chi connectivity index (χ3n) is 5.58. The first kappa shape index (κ1) is 26.4. The van der Waals surface area contributed by atoms with Crippen molar-refractivity contribution in [3.05, 3.63) is 65.7 Å². The fourth-order valence-corrected chi connectivity index (χ4v) is 4.32. The number of hydrogen-bond donors (Lipinski definition) is 1. The van der Waals surface area contributed by atoms with Gasteiger partial charge in [-0.1, -0.05) is 61.9 Å². The third-order valence-corrected chi connectivity index (χ3v) is 6.72. The zero-order valence-corrected chi connectivity index (χ0v) is 20.9. The van der Waals surface area contributed by atoms with Crippen LogP contribution in [-0.2, 0) is 26.2 Å². The Morgan fingerprint density at radius 1 is 0.970 bits per heavy atom. The zero-order chi connectivity index (χ0) is 24.6. The number of rotatable bonds is 11. The van der Waals surface area contributed by atoms with Crippen LogP contribution in [-0.4, -0.2) is 50.0 Å². The fraction of sp³-hybridized carbons (Fsp3) is 0.440. The molecule has 0 spiro atoms. The molecule has 0 radical (unpaired) electrons. The van der Waals surface area contributed by atoms with Gasteiger partial charge in [-0.05, 0) is 44.4 Å². The van der Waals surface area contributed by atoms with Crippen LogP contribution < -0.4 is 9.62 Å². The molecule has 0 aliphatic carbocycles. The summed E-state index contributed by atoms with van der Waals surface area (Å²) in [4.78, 5) is 28.1. The van der Waals surface area contributed by atoms with Gasteiger partial charge >= 0.3 is 0 Å². The lowest BCUT2D eigenvalue weighted by Gasteiger charge is -2.33. The van der Waals surface area contributed by atoms with Crippen LogP contribution in [0.4, 0.5) is 5.69 Å². The van der Waals surface area contributed by atoms with Crippen LogP contribution in [0.5, 0.6) is 0 Å². The highest BCUT2D eigenvalue weighted by molar-refractivity contribution is 7.92. The van der Waals surface area contributed by atoms with E-state index in [4.69, 9.17) is 0 Å². The lowest BCUT2D eigenvalue weighted by Crippen LogP contribution is -2.53. The van der Waals surface area contributed by atoms with Crippen molar-refractivity contribution in [3.8, 4) is 0 Å². The van der Waals surface area contributed by atoms with Gasteiger partial charge in [-0.2, -0.15) is 0 Å². The van der Waals surface area contributed by atoms with Crippen molar-refractivity contribution in [1.29, 1.82) is 0 Å². The van der Waals surface area contributed by atoms with Crippen LogP contribution in [0.3, 0.4) is 0 Å². The molecule has 2 atom stereocenters. The lowest BCUT2D eigenvalue weighted by molar-refractivity contribution is -0.140. The molecule has 0 saturated carbocycles. The minimum Gasteiger partial charge on any atom is -0.352 e. The molecule has 0 unspecified atom stereocenters. The second-order valence-electron chi connectivity index (χ2n) is 8.35. The van der Waals surface area contributed by atoms with Crippen LogP contribution in [0.2, 0.25) is 0 Å². The van der Waals surface area contributed by atoms with Gasteiger partial charge in [-0.15, -0.1) is 0 Å². The normalized spacial score (nSPS) is 13.1. The third kappa shape index (κ3) is 7.60. The van der Waals surface area contributed by atoms with Gasteiger partial charge in [0.15, 0.2) is 0 Å². The van der Waals surface area contributed by atoms with E-state index >= 15 is 0 Å². The van der Waals surface area contributed by atoms with Gasteiger partial charge in [0, 0.05) is 12.6 Å². The Hall–Kier alpha value is -2.87. The maximum atomic E-state index is 13.5. The summed E-state index contributed by atoms with van der Waals surface area (Å²) in [5.74, 6) is -0.673. The van der Waals surface area contributed by atoms with E-state index in [9.17, 15) is 18.0 Å². The molecule has 0 heterocycles. The quantitative estimate of drug-likeness (QED) is 0.541. The standard InChI is InChI=1S/C25H35N3O4S/c1-6-20(4)26-25(30)23(7-2)27(17-21-11-9-8-10-12-21)24(29)18-28(33(5,31)32)22-15-13-19(3)14-16-22/h8-16,20,23H,6-7,17-18H2,1-5H3,(H,26,30)/t20-,23-/m0/s1. The Morgan fingerprint density at radius 3 is 2.09 bits per heavy atom. The van der Waals surface area contributed by atoms with E-state index in [1.165, 1.54) is 4.90 Å². The summed E-state index contributed by atoms with van der Waals surface area (Å²) < 4.78 is 26.2. The van der Waals surface area contributed by atoms with Crippen molar-refractivity contribution >= 4 is 27.5 Å². The van der Waals surface area contributed by atoms with Crippen molar-refractivity contribution in [2.75, 3.05) is 17.1 Å². The van der Waals surface area contributed by atoms with Crippen molar-refractivity contribution < 1.29 is 18.0 Å².